The lowest BCUT2D eigenvalue weighted by atomic mass is 9.97. The summed E-state index contributed by atoms with van der Waals surface area (Å²) in [7, 11) is 0. The summed E-state index contributed by atoms with van der Waals surface area (Å²) in [5.41, 5.74) is 1.38. The van der Waals surface area contributed by atoms with Gasteiger partial charge in [0.1, 0.15) is 5.76 Å². The summed E-state index contributed by atoms with van der Waals surface area (Å²) in [6, 6.07) is 17.9. The van der Waals surface area contributed by atoms with Crippen molar-refractivity contribution in [1.29, 1.82) is 0 Å². The third kappa shape index (κ3) is 5.01. The fraction of sp³-hybridized carbons (Fsp3) is 0.273. The Morgan fingerprint density at radius 2 is 1.74 bits per heavy atom. The highest BCUT2D eigenvalue weighted by Crippen LogP contribution is 2.33. The monoisotopic (exact) mass is 380 g/mol. The molecule has 0 fully saturated rings. The number of anilines is 1. The third-order valence-electron chi connectivity index (χ3n) is 3.99. The number of oxazole rings is 1. The Morgan fingerprint density at radius 1 is 1.07 bits per heavy atom. The van der Waals surface area contributed by atoms with Crippen LogP contribution in [0.15, 0.2) is 68.8 Å². The molecule has 0 atom stereocenters. The first-order valence-corrected chi connectivity index (χ1v) is 9.73. The molecule has 1 aromatic heterocycles. The van der Waals surface area contributed by atoms with E-state index in [1.165, 1.54) is 0 Å². The number of carbonyl (C=O) groups is 1. The Labute approximate surface area is 164 Å². The minimum atomic E-state index is -0.182. The van der Waals surface area contributed by atoms with E-state index < -0.39 is 0 Å². The largest absolute Gasteiger partial charge is 0.444 e. The molecule has 0 aliphatic heterocycles. The van der Waals surface area contributed by atoms with Crippen LogP contribution in [0.3, 0.4) is 0 Å². The fourth-order valence-corrected chi connectivity index (χ4v) is 3.45. The molecule has 0 spiro atoms. The lowest BCUT2D eigenvalue weighted by molar-refractivity contribution is -0.115. The van der Waals surface area contributed by atoms with Crippen LogP contribution >= 0.6 is 11.8 Å². The molecule has 1 N–H and O–H groups in total. The van der Waals surface area contributed by atoms with E-state index in [4.69, 9.17) is 4.42 Å². The predicted octanol–water partition coefficient (Wildman–Crippen LogP) is 5.61. The molecule has 0 radical (unpaired) electrons. The van der Waals surface area contributed by atoms with Crippen molar-refractivity contribution >= 4 is 23.4 Å². The normalized spacial score (nSPS) is 11.4. The van der Waals surface area contributed by atoms with Crippen LogP contribution in [0, 0.1) is 6.92 Å². The molecule has 0 unspecified atom stereocenters. The van der Waals surface area contributed by atoms with Crippen molar-refractivity contribution in [2.75, 3.05) is 5.32 Å². The molecular weight excluding hydrogens is 356 g/mol. The van der Waals surface area contributed by atoms with Crippen molar-refractivity contribution in [3.8, 4) is 0 Å². The first-order chi connectivity index (χ1) is 12.8. The molecule has 0 saturated heterocycles. The summed E-state index contributed by atoms with van der Waals surface area (Å²) in [4.78, 5) is 19.2. The summed E-state index contributed by atoms with van der Waals surface area (Å²) >= 11 is 1.62. The topological polar surface area (TPSA) is 55.1 Å². The van der Waals surface area contributed by atoms with Gasteiger partial charge in [0, 0.05) is 15.2 Å². The Bertz CT molecular complexity index is 927. The van der Waals surface area contributed by atoms with E-state index in [1.54, 1.807) is 11.8 Å². The van der Waals surface area contributed by atoms with Crippen LogP contribution in [-0.4, -0.2) is 10.9 Å². The van der Waals surface area contributed by atoms with E-state index >= 15 is 0 Å². The maximum Gasteiger partial charge on any atom is 0.232 e. The van der Waals surface area contributed by atoms with Gasteiger partial charge in [-0.05, 0) is 31.2 Å². The van der Waals surface area contributed by atoms with Gasteiger partial charge in [-0.2, -0.15) is 0 Å². The van der Waals surface area contributed by atoms with E-state index in [9.17, 15) is 4.79 Å². The van der Waals surface area contributed by atoms with Crippen molar-refractivity contribution in [2.45, 2.75) is 49.3 Å². The predicted molar refractivity (Wildman–Crippen MR) is 109 cm³/mol. The lowest BCUT2D eigenvalue weighted by Gasteiger charge is -2.12. The van der Waals surface area contributed by atoms with Crippen LogP contribution in [0.1, 0.15) is 38.1 Å². The van der Waals surface area contributed by atoms with Gasteiger partial charge in [0.2, 0.25) is 5.91 Å². The molecule has 140 valence electrons. The van der Waals surface area contributed by atoms with Gasteiger partial charge in [-0.25, -0.2) is 4.98 Å². The average Bonchev–Trinajstić information content (AvgIpc) is 2.98. The highest BCUT2D eigenvalue weighted by Gasteiger charge is 2.23. The first-order valence-electron chi connectivity index (χ1n) is 8.91. The number of carbonyl (C=O) groups excluding carboxylic acids is 1. The summed E-state index contributed by atoms with van der Waals surface area (Å²) in [6.45, 7) is 8.00. The second-order valence-corrected chi connectivity index (χ2v) is 8.53. The first kappa shape index (κ1) is 19.2. The molecule has 0 bridgehead atoms. The second-order valence-electron chi connectivity index (χ2n) is 7.41. The number of rotatable bonds is 5. The van der Waals surface area contributed by atoms with Crippen LogP contribution < -0.4 is 5.32 Å². The average molecular weight is 381 g/mol. The quantitative estimate of drug-likeness (QED) is 0.625. The van der Waals surface area contributed by atoms with Gasteiger partial charge in [0.25, 0.3) is 0 Å². The number of nitrogens with zero attached hydrogens (tertiary/aromatic N) is 1. The molecule has 4 nitrogen and oxygen atoms in total. The Kier molecular flexibility index (Phi) is 5.71. The standard InChI is InChI=1S/C22H24N2O2S/c1-15-18(26-21(23-15)22(2,3)4)14-20(25)24-17-12-8-9-13-19(17)27-16-10-6-5-7-11-16/h5-13H,14H2,1-4H3,(H,24,25). The van der Waals surface area contributed by atoms with E-state index in [0.717, 1.165) is 21.2 Å². The SMILES string of the molecule is Cc1nc(C(C)(C)C)oc1CC(=O)Nc1ccccc1Sc1ccccc1. The van der Waals surface area contributed by atoms with Crippen molar-refractivity contribution in [2.24, 2.45) is 0 Å². The second kappa shape index (κ2) is 8.01. The number of hydrogen-bond donors (Lipinski definition) is 1. The van der Waals surface area contributed by atoms with Crippen molar-refractivity contribution < 1.29 is 9.21 Å². The Balaban J connectivity index is 1.73. The molecule has 3 aromatic rings. The summed E-state index contributed by atoms with van der Waals surface area (Å²) in [5, 5.41) is 3.01. The highest BCUT2D eigenvalue weighted by atomic mass is 32.2. The van der Waals surface area contributed by atoms with Crippen molar-refractivity contribution in [1.82, 2.24) is 4.98 Å². The number of para-hydroxylation sites is 1. The third-order valence-corrected chi connectivity index (χ3v) is 5.07. The smallest absolute Gasteiger partial charge is 0.232 e. The molecule has 1 amide bonds. The zero-order valence-corrected chi connectivity index (χ0v) is 16.9. The molecule has 27 heavy (non-hydrogen) atoms. The fourth-order valence-electron chi connectivity index (χ4n) is 2.53. The van der Waals surface area contributed by atoms with E-state index in [2.05, 4.69) is 22.4 Å². The summed E-state index contributed by atoms with van der Waals surface area (Å²) < 4.78 is 5.84. The van der Waals surface area contributed by atoms with Crippen molar-refractivity contribution in [3.63, 3.8) is 0 Å². The van der Waals surface area contributed by atoms with Gasteiger partial charge in [0.05, 0.1) is 17.8 Å². The molecule has 0 aliphatic carbocycles. The van der Waals surface area contributed by atoms with Gasteiger partial charge < -0.3 is 9.73 Å². The van der Waals surface area contributed by atoms with Crippen LogP contribution in [0.25, 0.3) is 0 Å². The number of benzene rings is 2. The van der Waals surface area contributed by atoms with Crippen LogP contribution in [0.2, 0.25) is 0 Å². The van der Waals surface area contributed by atoms with Crippen molar-refractivity contribution in [3.05, 3.63) is 71.9 Å². The maximum absolute atomic E-state index is 12.6. The van der Waals surface area contributed by atoms with E-state index in [1.807, 2.05) is 70.2 Å². The molecule has 0 saturated carbocycles. The van der Waals surface area contributed by atoms with Crippen LogP contribution in [-0.2, 0) is 16.6 Å². The van der Waals surface area contributed by atoms with Crippen LogP contribution in [0.5, 0.6) is 0 Å². The number of hydrogen-bond acceptors (Lipinski definition) is 4. The molecule has 0 aliphatic rings. The Hall–Kier alpha value is -2.53. The lowest BCUT2D eigenvalue weighted by Crippen LogP contribution is -2.15. The van der Waals surface area contributed by atoms with Gasteiger partial charge in [-0.15, -0.1) is 0 Å². The van der Waals surface area contributed by atoms with E-state index in [0.29, 0.717) is 11.7 Å². The molecule has 3 rings (SSSR count). The Morgan fingerprint density at radius 3 is 2.41 bits per heavy atom. The summed E-state index contributed by atoms with van der Waals surface area (Å²) in [5.74, 6) is 1.16. The minimum absolute atomic E-state index is 0.115. The zero-order valence-electron chi connectivity index (χ0n) is 16.1. The van der Waals surface area contributed by atoms with Crippen LogP contribution in [0.4, 0.5) is 5.69 Å². The van der Waals surface area contributed by atoms with Gasteiger partial charge in [0.15, 0.2) is 5.89 Å². The molecule has 5 heteroatoms. The number of nitrogens with one attached hydrogen (secondary N) is 1. The highest BCUT2D eigenvalue weighted by molar-refractivity contribution is 7.99. The van der Waals surface area contributed by atoms with Gasteiger partial charge >= 0.3 is 0 Å². The van der Waals surface area contributed by atoms with Gasteiger partial charge in [-0.1, -0.05) is 62.9 Å². The summed E-state index contributed by atoms with van der Waals surface area (Å²) in [6.07, 6.45) is 0.166. The van der Waals surface area contributed by atoms with E-state index in [-0.39, 0.29) is 17.7 Å². The number of aromatic nitrogens is 1. The number of aryl methyl sites for hydroxylation is 1. The molecular formula is C22H24N2O2S. The number of amides is 1. The molecule has 1 heterocycles. The maximum atomic E-state index is 12.6. The van der Waals surface area contributed by atoms with Gasteiger partial charge in [-0.3, -0.25) is 4.79 Å². The zero-order chi connectivity index (χ0) is 19.4. The minimum Gasteiger partial charge on any atom is -0.444 e. The molecule has 2 aromatic carbocycles.